The molecule has 1 amide bonds. The third kappa shape index (κ3) is 5.08. The molecule has 0 aliphatic heterocycles. The molecule has 0 bridgehead atoms. The Morgan fingerprint density at radius 1 is 0.964 bits per heavy atom. The van der Waals surface area contributed by atoms with Crippen molar-refractivity contribution < 1.29 is 14.3 Å². The first-order chi connectivity index (χ1) is 13.7. The van der Waals surface area contributed by atoms with Crippen molar-refractivity contribution in [2.75, 3.05) is 19.0 Å². The first-order valence-corrected chi connectivity index (χ1v) is 10.1. The summed E-state index contributed by atoms with van der Waals surface area (Å²) < 4.78 is 11.1. The Hall–Kier alpha value is -2.92. The molecule has 0 saturated heterocycles. The molecule has 3 aromatic rings. The Labute approximate surface area is 169 Å². The summed E-state index contributed by atoms with van der Waals surface area (Å²) in [7, 11) is 1.64. The number of para-hydroxylation sites is 2. The summed E-state index contributed by atoms with van der Waals surface area (Å²) in [6.45, 7) is 2.45. The van der Waals surface area contributed by atoms with Gasteiger partial charge in [0.05, 0.1) is 19.4 Å². The number of thioether (sulfide) groups is 1. The number of carbonyl (C=O) groups excluding carboxylic acids is 1. The second-order valence-electron chi connectivity index (χ2n) is 6.01. The molecule has 28 heavy (non-hydrogen) atoms. The maximum Gasteiger partial charge on any atom is 0.255 e. The molecule has 0 aromatic heterocycles. The monoisotopic (exact) mass is 393 g/mol. The summed E-state index contributed by atoms with van der Waals surface area (Å²) in [6, 6.07) is 23.1. The minimum atomic E-state index is -0.180. The molecule has 0 aliphatic rings. The van der Waals surface area contributed by atoms with E-state index < -0.39 is 0 Å². The molecule has 1 N–H and O–H groups in total. The fraction of sp³-hybridized carbons (Fsp3) is 0.174. The van der Waals surface area contributed by atoms with Gasteiger partial charge in [-0.25, -0.2) is 0 Å². The zero-order valence-corrected chi connectivity index (χ0v) is 16.8. The number of methoxy groups -OCH3 is 1. The molecule has 3 aromatic carbocycles. The second kappa shape index (κ2) is 9.85. The van der Waals surface area contributed by atoms with E-state index in [1.807, 2.05) is 61.5 Å². The summed E-state index contributed by atoms with van der Waals surface area (Å²) in [5.74, 6) is 1.96. The second-order valence-corrected chi connectivity index (χ2v) is 7.06. The number of ether oxygens (including phenoxy) is 2. The van der Waals surface area contributed by atoms with Gasteiger partial charge < -0.3 is 14.8 Å². The van der Waals surface area contributed by atoms with Gasteiger partial charge in [-0.1, -0.05) is 30.3 Å². The molecule has 0 spiro atoms. The fourth-order valence-electron chi connectivity index (χ4n) is 2.76. The van der Waals surface area contributed by atoms with E-state index in [0.717, 1.165) is 11.3 Å². The van der Waals surface area contributed by atoms with Crippen molar-refractivity contribution in [1.82, 2.24) is 0 Å². The largest absolute Gasteiger partial charge is 0.496 e. The highest BCUT2D eigenvalue weighted by Gasteiger charge is 2.13. The third-order valence-electron chi connectivity index (χ3n) is 4.12. The number of nitrogens with one attached hydrogen (secondary N) is 1. The summed E-state index contributed by atoms with van der Waals surface area (Å²) >= 11 is 1.70. The van der Waals surface area contributed by atoms with Crippen LogP contribution in [0.15, 0.2) is 77.7 Å². The molecule has 0 fully saturated rings. The van der Waals surface area contributed by atoms with Crippen LogP contribution >= 0.6 is 11.8 Å². The minimum absolute atomic E-state index is 0.180. The number of benzene rings is 3. The molecular formula is C23H23NO3S. The van der Waals surface area contributed by atoms with E-state index in [1.54, 1.807) is 24.9 Å². The van der Waals surface area contributed by atoms with Crippen LogP contribution < -0.4 is 14.8 Å². The topological polar surface area (TPSA) is 47.6 Å². The third-order valence-corrected chi connectivity index (χ3v) is 5.18. The average molecular weight is 394 g/mol. The summed E-state index contributed by atoms with van der Waals surface area (Å²) in [4.78, 5) is 14.0. The summed E-state index contributed by atoms with van der Waals surface area (Å²) in [5, 5.41) is 2.94. The molecule has 3 rings (SSSR count). The van der Waals surface area contributed by atoms with Gasteiger partial charge in [0.1, 0.15) is 11.5 Å². The Morgan fingerprint density at radius 2 is 1.71 bits per heavy atom. The van der Waals surface area contributed by atoms with Crippen molar-refractivity contribution >= 4 is 23.4 Å². The van der Waals surface area contributed by atoms with Crippen molar-refractivity contribution in [3.05, 3.63) is 83.9 Å². The predicted molar refractivity (Wildman–Crippen MR) is 115 cm³/mol. The van der Waals surface area contributed by atoms with Crippen molar-refractivity contribution in [1.29, 1.82) is 0 Å². The van der Waals surface area contributed by atoms with Gasteiger partial charge in [-0.3, -0.25) is 4.79 Å². The lowest BCUT2D eigenvalue weighted by atomic mass is 10.1. The molecule has 0 atom stereocenters. The number of hydrogen-bond donors (Lipinski definition) is 1. The van der Waals surface area contributed by atoms with Crippen LogP contribution in [-0.4, -0.2) is 19.6 Å². The quantitative estimate of drug-likeness (QED) is 0.503. The Balaban J connectivity index is 1.77. The van der Waals surface area contributed by atoms with Crippen molar-refractivity contribution in [3.8, 4) is 11.5 Å². The predicted octanol–water partition coefficient (Wildman–Crippen LogP) is 5.64. The first kappa shape index (κ1) is 19.8. The molecule has 0 aliphatic carbocycles. The number of rotatable bonds is 8. The highest BCUT2D eigenvalue weighted by molar-refractivity contribution is 7.98. The van der Waals surface area contributed by atoms with Crippen LogP contribution in [0.1, 0.15) is 22.8 Å². The van der Waals surface area contributed by atoms with E-state index in [4.69, 9.17) is 9.47 Å². The van der Waals surface area contributed by atoms with Gasteiger partial charge in [-0.2, -0.15) is 0 Å². The smallest absolute Gasteiger partial charge is 0.255 e. The van der Waals surface area contributed by atoms with E-state index >= 15 is 0 Å². The van der Waals surface area contributed by atoms with E-state index in [9.17, 15) is 4.79 Å². The van der Waals surface area contributed by atoms with Gasteiger partial charge in [-0.05, 0) is 49.4 Å². The van der Waals surface area contributed by atoms with Crippen LogP contribution in [0.5, 0.6) is 11.5 Å². The normalized spacial score (nSPS) is 10.4. The van der Waals surface area contributed by atoms with Gasteiger partial charge in [0, 0.05) is 21.8 Å². The molecule has 0 unspecified atom stereocenters. The van der Waals surface area contributed by atoms with Crippen molar-refractivity contribution in [3.63, 3.8) is 0 Å². The van der Waals surface area contributed by atoms with Crippen LogP contribution in [0.25, 0.3) is 0 Å². The Kier molecular flexibility index (Phi) is 6.98. The number of anilines is 1. The zero-order chi connectivity index (χ0) is 19.8. The average Bonchev–Trinajstić information content (AvgIpc) is 2.74. The fourth-order valence-corrected chi connectivity index (χ4v) is 3.65. The van der Waals surface area contributed by atoms with Crippen LogP contribution in [0.3, 0.4) is 0 Å². The first-order valence-electron chi connectivity index (χ1n) is 9.09. The van der Waals surface area contributed by atoms with E-state index in [0.29, 0.717) is 29.4 Å². The lowest BCUT2D eigenvalue weighted by molar-refractivity contribution is 0.102. The Bertz CT molecular complexity index is 928. The maximum atomic E-state index is 12.8. The van der Waals surface area contributed by atoms with E-state index in [2.05, 4.69) is 17.4 Å². The van der Waals surface area contributed by atoms with Gasteiger partial charge in [-0.15, -0.1) is 11.8 Å². The van der Waals surface area contributed by atoms with E-state index in [-0.39, 0.29) is 5.91 Å². The molecule has 0 radical (unpaired) electrons. The van der Waals surface area contributed by atoms with Crippen molar-refractivity contribution in [2.24, 2.45) is 0 Å². The Morgan fingerprint density at radius 3 is 2.46 bits per heavy atom. The van der Waals surface area contributed by atoms with Crippen LogP contribution in [0.2, 0.25) is 0 Å². The molecule has 0 heterocycles. The summed E-state index contributed by atoms with van der Waals surface area (Å²) in [6.07, 6.45) is 0. The zero-order valence-electron chi connectivity index (χ0n) is 16.0. The van der Waals surface area contributed by atoms with Crippen LogP contribution in [-0.2, 0) is 5.75 Å². The molecule has 0 saturated carbocycles. The van der Waals surface area contributed by atoms with E-state index in [1.165, 1.54) is 4.90 Å². The van der Waals surface area contributed by atoms with Gasteiger partial charge >= 0.3 is 0 Å². The SMILES string of the molecule is CCOc1ccccc1NC(=O)c1ccc(OC)c(CSc2ccccc2)c1. The maximum absolute atomic E-state index is 12.8. The van der Waals surface area contributed by atoms with Crippen molar-refractivity contribution in [2.45, 2.75) is 17.6 Å². The molecular weight excluding hydrogens is 370 g/mol. The molecule has 4 nitrogen and oxygen atoms in total. The van der Waals surface area contributed by atoms with Gasteiger partial charge in [0.2, 0.25) is 0 Å². The summed E-state index contributed by atoms with van der Waals surface area (Å²) in [5.41, 5.74) is 2.21. The highest BCUT2D eigenvalue weighted by atomic mass is 32.2. The molecule has 5 heteroatoms. The lowest BCUT2D eigenvalue weighted by Gasteiger charge is -2.13. The van der Waals surface area contributed by atoms with Gasteiger partial charge in [0.15, 0.2) is 0 Å². The highest BCUT2D eigenvalue weighted by Crippen LogP contribution is 2.29. The lowest BCUT2D eigenvalue weighted by Crippen LogP contribution is -2.13. The van der Waals surface area contributed by atoms with Crippen LogP contribution in [0, 0.1) is 0 Å². The standard InChI is InChI=1S/C23H23NO3S/c1-3-27-22-12-8-7-11-20(22)24-23(25)17-13-14-21(26-2)18(15-17)16-28-19-9-5-4-6-10-19/h4-15H,3,16H2,1-2H3,(H,24,25). The number of carbonyl (C=O) groups is 1. The number of hydrogen-bond acceptors (Lipinski definition) is 4. The van der Waals surface area contributed by atoms with Crippen LogP contribution in [0.4, 0.5) is 5.69 Å². The van der Waals surface area contributed by atoms with Gasteiger partial charge in [0.25, 0.3) is 5.91 Å². The number of amides is 1. The minimum Gasteiger partial charge on any atom is -0.496 e. The molecule has 144 valence electrons.